The normalized spacial score (nSPS) is 22.4. The lowest BCUT2D eigenvalue weighted by Gasteiger charge is -2.22. The van der Waals surface area contributed by atoms with Crippen molar-refractivity contribution in [3.63, 3.8) is 0 Å². The second-order valence-corrected chi connectivity index (χ2v) is 7.46. The average Bonchev–Trinajstić information content (AvgIpc) is 3.00. The Morgan fingerprint density at radius 3 is 2.46 bits per heavy atom. The van der Waals surface area contributed by atoms with Crippen molar-refractivity contribution in [2.75, 3.05) is 39.8 Å². The molecule has 6 heteroatoms. The lowest BCUT2D eigenvalue weighted by molar-refractivity contribution is -0.131. The molecule has 1 aromatic rings. The fourth-order valence-electron chi connectivity index (χ4n) is 3.97. The topological polar surface area (TPSA) is 64.7 Å². The van der Waals surface area contributed by atoms with Crippen LogP contribution < -0.4 is 10.6 Å². The molecule has 2 atom stereocenters. The maximum absolute atomic E-state index is 12.5. The minimum atomic E-state index is -0.141. The Labute approximate surface area is 155 Å². The Morgan fingerprint density at radius 1 is 1.15 bits per heavy atom. The van der Waals surface area contributed by atoms with Crippen LogP contribution in [-0.2, 0) is 11.3 Å². The lowest BCUT2D eigenvalue weighted by atomic mass is 9.92. The molecular weight excluding hydrogens is 328 g/mol. The largest absolute Gasteiger partial charge is 0.343 e. The van der Waals surface area contributed by atoms with Crippen LogP contribution in [0.1, 0.15) is 24.8 Å². The third-order valence-corrected chi connectivity index (χ3v) is 5.60. The van der Waals surface area contributed by atoms with Gasteiger partial charge in [-0.15, -0.1) is 0 Å². The van der Waals surface area contributed by atoms with Crippen LogP contribution in [0.25, 0.3) is 0 Å². The van der Waals surface area contributed by atoms with Crippen LogP contribution in [0.15, 0.2) is 30.3 Å². The summed E-state index contributed by atoms with van der Waals surface area (Å²) in [7, 11) is 1.77. The molecule has 6 nitrogen and oxygen atoms in total. The van der Waals surface area contributed by atoms with Gasteiger partial charge in [0.25, 0.3) is 0 Å². The summed E-state index contributed by atoms with van der Waals surface area (Å²) < 4.78 is 0. The van der Waals surface area contributed by atoms with Crippen molar-refractivity contribution in [1.82, 2.24) is 20.4 Å². The molecule has 0 bridgehead atoms. The van der Waals surface area contributed by atoms with Crippen LogP contribution >= 0.6 is 0 Å². The van der Waals surface area contributed by atoms with Crippen LogP contribution in [0.5, 0.6) is 0 Å². The van der Waals surface area contributed by atoms with Gasteiger partial charge >= 0.3 is 6.03 Å². The highest BCUT2D eigenvalue weighted by molar-refractivity contribution is 5.78. The zero-order chi connectivity index (χ0) is 18.4. The number of nitrogens with zero attached hydrogens (tertiary/aromatic N) is 2. The molecule has 2 aliphatic heterocycles. The third kappa shape index (κ3) is 4.97. The van der Waals surface area contributed by atoms with Crippen molar-refractivity contribution in [1.29, 1.82) is 0 Å². The molecule has 0 saturated carbocycles. The van der Waals surface area contributed by atoms with Crippen LogP contribution in [0.2, 0.25) is 0 Å². The first-order valence-electron chi connectivity index (χ1n) is 9.65. The van der Waals surface area contributed by atoms with Crippen molar-refractivity contribution in [2.45, 2.75) is 25.8 Å². The average molecular weight is 358 g/mol. The maximum atomic E-state index is 12.5. The van der Waals surface area contributed by atoms with Gasteiger partial charge in [0.2, 0.25) is 5.91 Å². The molecule has 2 aliphatic rings. The van der Waals surface area contributed by atoms with E-state index in [0.29, 0.717) is 19.5 Å². The molecular formula is C20H30N4O2. The number of nitrogens with one attached hydrogen (secondary N) is 2. The number of hydrogen-bond donors (Lipinski definition) is 2. The molecule has 1 aromatic carbocycles. The maximum Gasteiger partial charge on any atom is 0.317 e. The lowest BCUT2D eigenvalue weighted by Crippen LogP contribution is -2.40. The fraction of sp³-hybridized carbons (Fsp3) is 0.600. The minimum Gasteiger partial charge on any atom is -0.343 e. The number of fused-ring (bicyclic) bond motifs is 1. The van der Waals surface area contributed by atoms with E-state index in [1.165, 1.54) is 0 Å². The van der Waals surface area contributed by atoms with Crippen molar-refractivity contribution < 1.29 is 9.59 Å². The van der Waals surface area contributed by atoms with E-state index in [9.17, 15) is 9.59 Å². The molecule has 2 fully saturated rings. The Morgan fingerprint density at radius 2 is 1.81 bits per heavy atom. The summed E-state index contributed by atoms with van der Waals surface area (Å²) in [6.45, 7) is 4.84. The number of rotatable bonds is 5. The van der Waals surface area contributed by atoms with Gasteiger partial charge in [-0.25, -0.2) is 4.79 Å². The number of carbonyl (C=O) groups is 2. The standard InChI is InChI=1S/C20H30N4O2/c1-23(15-16-5-3-2-4-6-16)20(26)22-10-7-19(25)24-11-8-17-13-21-14-18(17)9-12-24/h2-6,17-18,21H,7-15H2,1H3,(H,22,26)/t17-,18+. The van der Waals surface area contributed by atoms with Gasteiger partial charge in [0.1, 0.15) is 0 Å². The molecule has 2 N–H and O–H groups in total. The van der Waals surface area contributed by atoms with Gasteiger partial charge in [-0.1, -0.05) is 30.3 Å². The highest BCUT2D eigenvalue weighted by Gasteiger charge is 2.31. The second kappa shape index (κ2) is 9.03. The predicted molar refractivity (Wildman–Crippen MR) is 102 cm³/mol. The van der Waals surface area contributed by atoms with Gasteiger partial charge in [-0.3, -0.25) is 4.79 Å². The summed E-state index contributed by atoms with van der Waals surface area (Å²) >= 11 is 0. The monoisotopic (exact) mass is 358 g/mol. The highest BCUT2D eigenvalue weighted by Crippen LogP contribution is 2.27. The first kappa shape index (κ1) is 18.7. The molecule has 0 radical (unpaired) electrons. The van der Waals surface area contributed by atoms with E-state index in [1.54, 1.807) is 11.9 Å². The first-order chi connectivity index (χ1) is 12.6. The number of benzene rings is 1. The fourth-order valence-corrected chi connectivity index (χ4v) is 3.97. The molecule has 26 heavy (non-hydrogen) atoms. The summed E-state index contributed by atoms with van der Waals surface area (Å²) in [5, 5.41) is 6.31. The summed E-state index contributed by atoms with van der Waals surface area (Å²) in [5.74, 6) is 1.60. The number of amides is 3. The minimum absolute atomic E-state index is 0.141. The zero-order valence-electron chi connectivity index (χ0n) is 15.6. The van der Waals surface area contributed by atoms with Crippen LogP contribution in [-0.4, -0.2) is 61.5 Å². The van der Waals surface area contributed by atoms with Gasteiger partial charge in [-0.2, -0.15) is 0 Å². The summed E-state index contributed by atoms with van der Waals surface area (Å²) in [6, 6.07) is 9.74. The van der Waals surface area contributed by atoms with E-state index in [0.717, 1.165) is 56.4 Å². The van der Waals surface area contributed by atoms with Crippen molar-refractivity contribution in [3.05, 3.63) is 35.9 Å². The number of carbonyl (C=O) groups excluding carboxylic acids is 2. The summed E-state index contributed by atoms with van der Waals surface area (Å²) in [6.07, 6.45) is 2.56. The molecule has 0 aromatic heterocycles. The van der Waals surface area contributed by atoms with E-state index in [2.05, 4.69) is 10.6 Å². The molecule has 3 rings (SSSR count). The van der Waals surface area contributed by atoms with Gasteiger partial charge in [0, 0.05) is 39.6 Å². The Bertz CT molecular complexity index is 593. The van der Waals surface area contributed by atoms with Crippen molar-refractivity contribution >= 4 is 11.9 Å². The SMILES string of the molecule is CN(Cc1ccccc1)C(=O)NCCC(=O)N1CC[C@@H]2CNC[C@@H]2CC1. The Kier molecular flexibility index (Phi) is 6.50. The quantitative estimate of drug-likeness (QED) is 0.842. The smallest absolute Gasteiger partial charge is 0.317 e. The van der Waals surface area contributed by atoms with Gasteiger partial charge in [-0.05, 0) is 43.3 Å². The van der Waals surface area contributed by atoms with Crippen LogP contribution in [0, 0.1) is 11.8 Å². The molecule has 0 spiro atoms. The number of urea groups is 1. The van der Waals surface area contributed by atoms with E-state index >= 15 is 0 Å². The molecule has 3 amide bonds. The van der Waals surface area contributed by atoms with E-state index in [4.69, 9.17) is 0 Å². The van der Waals surface area contributed by atoms with Crippen molar-refractivity contribution in [3.8, 4) is 0 Å². The molecule has 0 unspecified atom stereocenters. The molecule has 142 valence electrons. The Hall–Kier alpha value is -2.08. The third-order valence-electron chi connectivity index (χ3n) is 5.60. The molecule has 2 heterocycles. The molecule has 0 aliphatic carbocycles. The number of hydrogen-bond acceptors (Lipinski definition) is 3. The van der Waals surface area contributed by atoms with E-state index in [1.807, 2.05) is 35.2 Å². The summed E-state index contributed by atoms with van der Waals surface area (Å²) in [4.78, 5) is 28.3. The predicted octanol–water partition coefficient (Wildman–Crippen LogP) is 1.68. The second-order valence-electron chi connectivity index (χ2n) is 7.46. The van der Waals surface area contributed by atoms with Crippen LogP contribution in [0.3, 0.4) is 0 Å². The van der Waals surface area contributed by atoms with E-state index < -0.39 is 0 Å². The van der Waals surface area contributed by atoms with E-state index in [-0.39, 0.29) is 11.9 Å². The highest BCUT2D eigenvalue weighted by atomic mass is 16.2. The first-order valence-corrected chi connectivity index (χ1v) is 9.65. The Balaban J connectivity index is 1.37. The van der Waals surface area contributed by atoms with Crippen molar-refractivity contribution in [2.24, 2.45) is 11.8 Å². The zero-order valence-corrected chi connectivity index (χ0v) is 15.6. The van der Waals surface area contributed by atoms with Gasteiger partial charge in [0.05, 0.1) is 0 Å². The van der Waals surface area contributed by atoms with Gasteiger partial charge in [0.15, 0.2) is 0 Å². The number of likely N-dealkylation sites (tertiary alicyclic amines) is 1. The van der Waals surface area contributed by atoms with Gasteiger partial charge < -0.3 is 20.4 Å². The van der Waals surface area contributed by atoms with Crippen LogP contribution in [0.4, 0.5) is 4.79 Å². The molecule has 2 saturated heterocycles. The summed E-state index contributed by atoms with van der Waals surface area (Å²) in [5.41, 5.74) is 1.09.